The van der Waals surface area contributed by atoms with Gasteiger partial charge in [-0.1, -0.05) is 80.6 Å². The van der Waals surface area contributed by atoms with Crippen molar-refractivity contribution in [1.29, 1.82) is 0 Å². The molecule has 184 valence electrons. The Balaban J connectivity index is 1.85. The summed E-state index contributed by atoms with van der Waals surface area (Å²) in [6.07, 6.45) is 0.605. The van der Waals surface area contributed by atoms with Crippen LogP contribution in [0.5, 0.6) is 0 Å². The Bertz CT molecular complexity index is 1080. The molecule has 6 heteroatoms. The number of benzene rings is 3. The molecule has 35 heavy (non-hydrogen) atoms. The van der Waals surface area contributed by atoms with Gasteiger partial charge in [0.05, 0.1) is 0 Å². The van der Waals surface area contributed by atoms with Crippen molar-refractivity contribution in [2.45, 2.75) is 44.2 Å². The first-order valence-corrected chi connectivity index (χ1v) is 12.9. The van der Waals surface area contributed by atoms with Crippen molar-refractivity contribution in [3.8, 4) is 0 Å². The third-order valence-electron chi connectivity index (χ3n) is 5.58. The van der Waals surface area contributed by atoms with Crippen molar-refractivity contribution < 1.29 is 14.0 Å². The number of carbonyl (C=O) groups excluding carboxylic acids is 2. The maximum absolute atomic E-state index is 14.6. The molecular formula is C29H33FN2O2S. The molecule has 4 nitrogen and oxygen atoms in total. The molecule has 0 aliphatic heterocycles. The second-order valence-corrected chi connectivity index (χ2v) is 10.0. The van der Waals surface area contributed by atoms with Crippen LogP contribution >= 0.6 is 11.8 Å². The Labute approximate surface area is 211 Å². The number of amides is 2. The Hall–Kier alpha value is -3.12. The van der Waals surface area contributed by atoms with E-state index in [1.807, 2.05) is 74.5 Å². The van der Waals surface area contributed by atoms with Crippen molar-refractivity contribution in [2.75, 3.05) is 12.3 Å². The van der Waals surface area contributed by atoms with E-state index >= 15 is 0 Å². The van der Waals surface area contributed by atoms with Gasteiger partial charge < -0.3 is 10.2 Å². The molecule has 1 N–H and O–H groups in total. The third-order valence-corrected chi connectivity index (χ3v) is 6.60. The maximum Gasteiger partial charge on any atom is 0.243 e. The number of hydrogen-bond acceptors (Lipinski definition) is 3. The van der Waals surface area contributed by atoms with E-state index in [1.165, 1.54) is 6.07 Å². The third kappa shape index (κ3) is 8.55. The van der Waals surface area contributed by atoms with Crippen LogP contribution in [-0.2, 0) is 22.6 Å². The summed E-state index contributed by atoms with van der Waals surface area (Å²) in [5.74, 6) is 0.0713. The highest BCUT2D eigenvalue weighted by Gasteiger charge is 2.30. The first-order chi connectivity index (χ1) is 16.9. The molecule has 1 atom stereocenters. The van der Waals surface area contributed by atoms with Crippen molar-refractivity contribution >= 4 is 23.6 Å². The van der Waals surface area contributed by atoms with Gasteiger partial charge in [0.1, 0.15) is 11.9 Å². The molecule has 0 heterocycles. The summed E-state index contributed by atoms with van der Waals surface area (Å²) >= 11 is 1.59. The van der Waals surface area contributed by atoms with Crippen LogP contribution in [0.3, 0.4) is 0 Å². The molecule has 0 aliphatic carbocycles. The van der Waals surface area contributed by atoms with Crippen LogP contribution in [0.4, 0.5) is 4.39 Å². The number of thioether (sulfide) groups is 1. The predicted octanol–water partition coefficient (Wildman–Crippen LogP) is 5.72. The van der Waals surface area contributed by atoms with E-state index in [2.05, 4.69) is 5.32 Å². The standard InChI is InChI=1S/C29H33FN2O2S/c1-22(2)20-31-29(34)27(19-23-11-5-3-6-12-23)32(21-24-13-9-10-16-26(24)30)28(33)17-18-35-25-14-7-4-8-15-25/h3-16,22,27H,17-21H2,1-2H3,(H,31,34)/t27-/m1/s1. The molecular weight excluding hydrogens is 459 g/mol. The van der Waals surface area contributed by atoms with Crippen molar-refractivity contribution in [3.05, 3.63) is 102 Å². The quantitative estimate of drug-likeness (QED) is 0.329. The van der Waals surface area contributed by atoms with E-state index in [-0.39, 0.29) is 36.5 Å². The molecule has 0 fully saturated rings. The molecule has 0 aromatic heterocycles. The lowest BCUT2D eigenvalue weighted by Gasteiger charge is -2.32. The lowest BCUT2D eigenvalue weighted by atomic mass is 10.0. The smallest absolute Gasteiger partial charge is 0.243 e. The van der Waals surface area contributed by atoms with Crippen LogP contribution < -0.4 is 5.32 Å². The monoisotopic (exact) mass is 492 g/mol. The Morgan fingerprint density at radius 3 is 2.20 bits per heavy atom. The summed E-state index contributed by atoms with van der Waals surface area (Å²) in [5.41, 5.74) is 1.34. The van der Waals surface area contributed by atoms with Crippen LogP contribution in [0.2, 0.25) is 0 Å². The van der Waals surface area contributed by atoms with E-state index in [0.29, 0.717) is 24.3 Å². The average Bonchev–Trinajstić information content (AvgIpc) is 2.87. The zero-order chi connectivity index (χ0) is 25.0. The summed E-state index contributed by atoms with van der Waals surface area (Å²) < 4.78 is 14.6. The van der Waals surface area contributed by atoms with Gasteiger partial charge in [0.25, 0.3) is 0 Å². The van der Waals surface area contributed by atoms with Gasteiger partial charge in [0.2, 0.25) is 11.8 Å². The Kier molecular flexibility index (Phi) is 10.4. The second-order valence-electron chi connectivity index (χ2n) is 8.87. The summed E-state index contributed by atoms with van der Waals surface area (Å²) in [4.78, 5) is 29.5. The van der Waals surface area contributed by atoms with Gasteiger partial charge in [-0.25, -0.2) is 4.39 Å². The summed E-state index contributed by atoms with van der Waals surface area (Å²) in [5, 5.41) is 2.99. The van der Waals surface area contributed by atoms with E-state index in [4.69, 9.17) is 0 Å². The van der Waals surface area contributed by atoms with Crippen LogP contribution in [0, 0.1) is 11.7 Å². The first-order valence-electron chi connectivity index (χ1n) is 12.0. The number of rotatable bonds is 12. The van der Waals surface area contributed by atoms with Gasteiger partial charge in [-0.3, -0.25) is 9.59 Å². The lowest BCUT2D eigenvalue weighted by molar-refractivity contribution is -0.141. The zero-order valence-corrected chi connectivity index (χ0v) is 21.1. The van der Waals surface area contributed by atoms with E-state index in [9.17, 15) is 14.0 Å². The molecule has 0 saturated carbocycles. The Morgan fingerprint density at radius 1 is 0.914 bits per heavy atom. The molecule has 0 spiro atoms. The largest absolute Gasteiger partial charge is 0.354 e. The van der Waals surface area contributed by atoms with Crippen molar-refractivity contribution in [1.82, 2.24) is 10.2 Å². The number of carbonyl (C=O) groups is 2. The number of nitrogens with one attached hydrogen (secondary N) is 1. The van der Waals surface area contributed by atoms with Crippen LogP contribution in [0.25, 0.3) is 0 Å². The highest BCUT2D eigenvalue weighted by Crippen LogP contribution is 2.21. The second kappa shape index (κ2) is 13.7. The van der Waals surface area contributed by atoms with Gasteiger partial charge in [0.15, 0.2) is 0 Å². The molecule has 3 rings (SSSR count). The maximum atomic E-state index is 14.6. The molecule has 0 aliphatic rings. The number of halogens is 1. The predicted molar refractivity (Wildman–Crippen MR) is 141 cm³/mol. The van der Waals surface area contributed by atoms with E-state index in [0.717, 1.165) is 10.5 Å². The molecule has 0 radical (unpaired) electrons. The van der Waals surface area contributed by atoms with Gasteiger partial charge in [0, 0.05) is 42.1 Å². The van der Waals surface area contributed by atoms with E-state index < -0.39 is 6.04 Å². The highest BCUT2D eigenvalue weighted by molar-refractivity contribution is 7.99. The topological polar surface area (TPSA) is 49.4 Å². The first kappa shape index (κ1) is 26.5. The number of hydrogen-bond donors (Lipinski definition) is 1. The fourth-order valence-corrected chi connectivity index (χ4v) is 4.57. The fourth-order valence-electron chi connectivity index (χ4n) is 3.70. The Morgan fingerprint density at radius 2 is 1.54 bits per heavy atom. The minimum absolute atomic E-state index is 0.0358. The number of nitrogens with zero attached hydrogens (tertiary/aromatic N) is 1. The average molecular weight is 493 g/mol. The minimum Gasteiger partial charge on any atom is -0.354 e. The summed E-state index contributed by atoms with van der Waals surface area (Å²) in [6, 6.07) is 25.2. The molecule has 0 saturated heterocycles. The van der Waals surface area contributed by atoms with Crippen molar-refractivity contribution in [2.24, 2.45) is 5.92 Å². The van der Waals surface area contributed by atoms with Crippen molar-refractivity contribution in [3.63, 3.8) is 0 Å². The summed E-state index contributed by atoms with van der Waals surface area (Å²) in [6.45, 7) is 4.59. The van der Waals surface area contributed by atoms with Crippen LogP contribution in [-0.4, -0.2) is 35.1 Å². The fraction of sp³-hybridized carbons (Fsp3) is 0.310. The molecule has 0 unspecified atom stereocenters. The zero-order valence-electron chi connectivity index (χ0n) is 20.3. The van der Waals surface area contributed by atoms with Gasteiger partial charge in [-0.05, 0) is 29.7 Å². The van der Waals surface area contributed by atoms with Crippen LogP contribution in [0.15, 0.2) is 89.8 Å². The van der Waals surface area contributed by atoms with Crippen LogP contribution in [0.1, 0.15) is 31.4 Å². The molecule has 3 aromatic rings. The molecule has 0 bridgehead atoms. The lowest BCUT2D eigenvalue weighted by Crippen LogP contribution is -2.51. The molecule has 3 aromatic carbocycles. The van der Waals surface area contributed by atoms with Gasteiger partial charge >= 0.3 is 0 Å². The normalized spacial score (nSPS) is 11.8. The molecule has 2 amide bonds. The van der Waals surface area contributed by atoms with E-state index in [1.54, 1.807) is 34.9 Å². The highest BCUT2D eigenvalue weighted by atomic mass is 32.2. The summed E-state index contributed by atoms with van der Waals surface area (Å²) in [7, 11) is 0. The van der Waals surface area contributed by atoms with Gasteiger partial charge in [-0.15, -0.1) is 11.8 Å². The van der Waals surface area contributed by atoms with Gasteiger partial charge in [-0.2, -0.15) is 0 Å². The minimum atomic E-state index is -0.745. The SMILES string of the molecule is CC(C)CNC(=O)[C@@H](Cc1ccccc1)N(Cc1ccccc1F)C(=O)CCSc1ccccc1.